The van der Waals surface area contributed by atoms with E-state index >= 15 is 0 Å². The molecular weight excluding hydrogens is 560 g/mol. The van der Waals surface area contributed by atoms with E-state index in [9.17, 15) is 18.3 Å². The zero-order valence-electron chi connectivity index (χ0n) is 24.2. The van der Waals surface area contributed by atoms with Crippen LogP contribution in [0.15, 0.2) is 59.5 Å². The molecule has 2 heterocycles. The van der Waals surface area contributed by atoms with Gasteiger partial charge in [0.15, 0.2) is 6.29 Å². The Hall–Kier alpha value is -2.70. The first-order valence-corrected chi connectivity index (χ1v) is 16.3. The highest BCUT2D eigenvalue weighted by atomic mass is 32.2. The van der Waals surface area contributed by atoms with Crippen molar-refractivity contribution >= 4 is 16.1 Å². The summed E-state index contributed by atoms with van der Waals surface area (Å²) in [6.45, 7) is 1.27. The largest absolute Gasteiger partial charge is 0.497 e. The summed E-state index contributed by atoms with van der Waals surface area (Å²) >= 11 is 0. The van der Waals surface area contributed by atoms with Gasteiger partial charge in [-0.15, -0.1) is 0 Å². The van der Waals surface area contributed by atoms with Gasteiger partial charge in [-0.25, -0.2) is 13.2 Å². The number of carbonyl (C=O) groups is 1. The predicted octanol–water partition coefficient (Wildman–Crippen LogP) is 3.68. The number of amides is 1. The van der Waals surface area contributed by atoms with Crippen molar-refractivity contribution in [2.24, 2.45) is 11.8 Å². The van der Waals surface area contributed by atoms with Gasteiger partial charge >= 0.3 is 6.09 Å². The van der Waals surface area contributed by atoms with Crippen LogP contribution < -0.4 is 4.74 Å². The van der Waals surface area contributed by atoms with Crippen LogP contribution in [0.3, 0.4) is 0 Å². The topological polar surface area (TPSA) is 115 Å². The second-order valence-corrected chi connectivity index (χ2v) is 13.4. The van der Waals surface area contributed by atoms with E-state index in [1.165, 1.54) is 28.4 Å². The number of nitrogens with zero attached hydrogens (tertiary/aromatic N) is 2. The fourth-order valence-electron chi connectivity index (χ4n) is 6.11. The van der Waals surface area contributed by atoms with Crippen LogP contribution in [0, 0.1) is 11.8 Å². The second kappa shape index (κ2) is 14.2. The molecule has 3 fully saturated rings. The van der Waals surface area contributed by atoms with Crippen molar-refractivity contribution in [2.45, 2.75) is 61.9 Å². The highest BCUT2D eigenvalue weighted by Crippen LogP contribution is 2.33. The molecule has 5 rings (SSSR count). The molecule has 2 aromatic rings. The summed E-state index contributed by atoms with van der Waals surface area (Å²) in [6.07, 6.45) is 2.93. The Bertz CT molecular complexity index is 1250. The Labute approximate surface area is 248 Å². The van der Waals surface area contributed by atoms with Crippen LogP contribution in [-0.2, 0) is 30.7 Å². The van der Waals surface area contributed by atoms with Crippen LogP contribution in [0.1, 0.15) is 37.7 Å². The lowest BCUT2D eigenvalue weighted by Gasteiger charge is -2.31. The SMILES string of the molecule is COc1ccc(S(=O)(=O)N(CC2CCCC2)C[C@@H](O)CN(CCc2ccccc2)C(=O)O[C@@H]2CO[C@H]3OCC[C@H]32)cc1. The molecule has 230 valence electrons. The van der Waals surface area contributed by atoms with Gasteiger partial charge in [0.25, 0.3) is 0 Å². The summed E-state index contributed by atoms with van der Waals surface area (Å²) in [7, 11) is -2.37. The summed E-state index contributed by atoms with van der Waals surface area (Å²) in [6, 6.07) is 16.1. The number of hydrogen-bond donors (Lipinski definition) is 1. The maximum atomic E-state index is 13.8. The molecule has 1 amide bonds. The van der Waals surface area contributed by atoms with Gasteiger partial charge in [0.05, 0.1) is 43.8 Å². The average Bonchev–Trinajstić information content (AvgIpc) is 3.76. The van der Waals surface area contributed by atoms with Crippen molar-refractivity contribution < 1.29 is 37.3 Å². The second-order valence-electron chi connectivity index (χ2n) is 11.4. The number of hydrogen-bond acceptors (Lipinski definition) is 8. The molecule has 0 radical (unpaired) electrons. The lowest BCUT2D eigenvalue weighted by atomic mass is 10.0. The third-order valence-electron chi connectivity index (χ3n) is 8.49. The number of ether oxygens (including phenoxy) is 4. The quantitative estimate of drug-likeness (QED) is 0.369. The number of methoxy groups -OCH3 is 1. The van der Waals surface area contributed by atoms with Crippen molar-refractivity contribution in [3.63, 3.8) is 0 Å². The maximum Gasteiger partial charge on any atom is 0.410 e. The predicted molar refractivity (Wildman–Crippen MR) is 156 cm³/mol. The Balaban J connectivity index is 1.30. The van der Waals surface area contributed by atoms with Gasteiger partial charge in [0.2, 0.25) is 10.0 Å². The fraction of sp³-hybridized carbons (Fsp3) is 0.581. The number of fused-ring (bicyclic) bond motifs is 1. The molecule has 42 heavy (non-hydrogen) atoms. The van der Waals surface area contributed by atoms with E-state index < -0.39 is 28.3 Å². The zero-order chi connectivity index (χ0) is 29.5. The number of carbonyl (C=O) groups excluding carboxylic acids is 1. The standard InChI is InChI=1S/C31H42N2O8S/c1-38-26-11-13-27(14-12-26)42(36,37)33(19-24-9-5-6-10-24)21-25(34)20-32(17-15-23-7-3-2-4-8-23)31(35)41-29-22-40-30-28(29)16-18-39-30/h2-4,7-8,11-14,24-25,28-30,34H,5-6,9-10,15-22H2,1H3/t25-,28-,29+,30+/m0/s1. The molecule has 2 saturated heterocycles. The molecule has 0 aromatic heterocycles. The first kappa shape index (κ1) is 30.7. The van der Waals surface area contributed by atoms with Crippen molar-refractivity contribution in [2.75, 3.05) is 46.5 Å². The summed E-state index contributed by atoms with van der Waals surface area (Å²) in [5.41, 5.74) is 1.04. The van der Waals surface area contributed by atoms with E-state index in [0.29, 0.717) is 31.9 Å². The molecule has 2 aliphatic heterocycles. The van der Waals surface area contributed by atoms with Crippen LogP contribution in [0.25, 0.3) is 0 Å². The minimum Gasteiger partial charge on any atom is -0.497 e. The Kier molecular flexibility index (Phi) is 10.4. The third kappa shape index (κ3) is 7.62. The van der Waals surface area contributed by atoms with Gasteiger partial charge in [0.1, 0.15) is 11.9 Å². The van der Waals surface area contributed by atoms with Crippen LogP contribution in [0.2, 0.25) is 0 Å². The normalized spacial score (nSPS) is 23.2. The molecule has 3 aliphatic rings. The summed E-state index contributed by atoms with van der Waals surface area (Å²) in [4.78, 5) is 15.1. The van der Waals surface area contributed by atoms with Crippen molar-refractivity contribution in [1.29, 1.82) is 0 Å². The van der Waals surface area contributed by atoms with Crippen LogP contribution in [0.5, 0.6) is 5.75 Å². The summed E-state index contributed by atoms with van der Waals surface area (Å²) in [5, 5.41) is 11.3. The number of aliphatic hydroxyl groups is 1. The molecule has 1 saturated carbocycles. The summed E-state index contributed by atoms with van der Waals surface area (Å²) < 4.78 is 51.2. The highest BCUT2D eigenvalue weighted by Gasteiger charge is 2.44. The van der Waals surface area contributed by atoms with Crippen LogP contribution in [0.4, 0.5) is 4.79 Å². The zero-order valence-corrected chi connectivity index (χ0v) is 25.0. The average molecular weight is 603 g/mol. The molecule has 11 heteroatoms. The Morgan fingerprint density at radius 2 is 1.76 bits per heavy atom. The van der Waals surface area contributed by atoms with E-state index in [0.717, 1.165) is 37.7 Å². The monoisotopic (exact) mass is 602 g/mol. The number of sulfonamides is 1. The minimum absolute atomic E-state index is 0.00797. The summed E-state index contributed by atoms with van der Waals surface area (Å²) in [5.74, 6) is 0.784. The maximum absolute atomic E-state index is 13.8. The van der Waals surface area contributed by atoms with Crippen molar-refractivity contribution in [3.05, 3.63) is 60.2 Å². The van der Waals surface area contributed by atoms with Gasteiger partial charge in [-0.05, 0) is 61.4 Å². The van der Waals surface area contributed by atoms with Gasteiger partial charge in [-0.1, -0.05) is 43.2 Å². The van der Waals surface area contributed by atoms with Gasteiger partial charge in [-0.3, -0.25) is 0 Å². The molecule has 0 unspecified atom stereocenters. The highest BCUT2D eigenvalue weighted by molar-refractivity contribution is 7.89. The molecule has 0 spiro atoms. The van der Waals surface area contributed by atoms with E-state index in [-0.39, 0.29) is 42.7 Å². The Morgan fingerprint density at radius 3 is 2.48 bits per heavy atom. The molecule has 1 aliphatic carbocycles. The molecule has 2 aromatic carbocycles. The van der Waals surface area contributed by atoms with Gasteiger partial charge in [0, 0.05) is 19.6 Å². The van der Waals surface area contributed by atoms with Crippen LogP contribution in [-0.4, -0.2) is 93.8 Å². The number of rotatable bonds is 13. The lowest BCUT2D eigenvalue weighted by Crippen LogP contribution is -2.47. The van der Waals surface area contributed by atoms with E-state index in [1.54, 1.807) is 12.1 Å². The Morgan fingerprint density at radius 1 is 1.02 bits per heavy atom. The first-order chi connectivity index (χ1) is 20.3. The number of benzene rings is 2. The smallest absolute Gasteiger partial charge is 0.410 e. The first-order valence-electron chi connectivity index (χ1n) is 14.9. The molecule has 4 atom stereocenters. The van der Waals surface area contributed by atoms with Gasteiger partial charge in [-0.2, -0.15) is 4.31 Å². The van der Waals surface area contributed by atoms with Crippen molar-refractivity contribution in [3.8, 4) is 5.75 Å². The third-order valence-corrected chi connectivity index (χ3v) is 10.3. The van der Waals surface area contributed by atoms with E-state index in [2.05, 4.69) is 0 Å². The van der Waals surface area contributed by atoms with Gasteiger partial charge < -0.3 is 29.0 Å². The minimum atomic E-state index is -3.90. The molecular formula is C31H42N2O8S. The van der Waals surface area contributed by atoms with E-state index in [4.69, 9.17) is 18.9 Å². The molecule has 10 nitrogen and oxygen atoms in total. The molecule has 1 N–H and O–H groups in total. The van der Waals surface area contributed by atoms with Crippen molar-refractivity contribution in [1.82, 2.24) is 9.21 Å². The fourth-order valence-corrected chi connectivity index (χ4v) is 7.67. The molecule has 0 bridgehead atoms. The van der Waals surface area contributed by atoms with Crippen LogP contribution >= 0.6 is 0 Å². The lowest BCUT2D eigenvalue weighted by molar-refractivity contribution is -0.0907. The van der Waals surface area contributed by atoms with E-state index in [1.807, 2.05) is 30.3 Å². The number of aliphatic hydroxyl groups excluding tert-OH is 1.